The molecule has 1 aromatic rings. The maximum absolute atomic E-state index is 9.92. The first-order valence-electron chi connectivity index (χ1n) is 6.80. The Morgan fingerprint density at radius 2 is 2.05 bits per heavy atom. The van der Waals surface area contributed by atoms with Gasteiger partial charge in [0.05, 0.1) is 0 Å². The number of allylic oxidation sites excluding steroid dienone is 2. The van der Waals surface area contributed by atoms with Crippen molar-refractivity contribution in [1.29, 1.82) is 0 Å². The first-order valence-corrected chi connectivity index (χ1v) is 6.80. The fourth-order valence-corrected chi connectivity index (χ4v) is 2.57. The highest BCUT2D eigenvalue weighted by Gasteiger charge is 2.17. The summed E-state index contributed by atoms with van der Waals surface area (Å²) < 4.78 is 10.5. The van der Waals surface area contributed by atoms with Gasteiger partial charge < -0.3 is 19.9 Å². The number of ether oxygens (including phenoxy) is 2. The van der Waals surface area contributed by atoms with Crippen molar-refractivity contribution in [3.8, 4) is 17.2 Å². The predicted molar refractivity (Wildman–Crippen MR) is 72.4 cm³/mol. The van der Waals surface area contributed by atoms with Crippen LogP contribution in [-0.2, 0) is 6.54 Å². The molecule has 3 rings (SSSR count). The van der Waals surface area contributed by atoms with Gasteiger partial charge in [0.15, 0.2) is 11.5 Å². The Bertz CT molecular complexity index is 485. The number of aromatic hydroxyl groups is 1. The van der Waals surface area contributed by atoms with Crippen molar-refractivity contribution in [2.45, 2.75) is 25.8 Å². The quantitative estimate of drug-likeness (QED) is 0.818. The second kappa shape index (κ2) is 5.53. The molecular weight excluding hydrogens is 242 g/mol. The molecule has 1 atom stereocenters. The number of hydrogen-bond acceptors (Lipinski definition) is 4. The highest BCUT2D eigenvalue weighted by molar-refractivity contribution is 5.51. The van der Waals surface area contributed by atoms with Crippen molar-refractivity contribution < 1.29 is 14.6 Å². The molecule has 1 heterocycles. The normalized spacial score (nSPS) is 20.7. The van der Waals surface area contributed by atoms with Crippen LogP contribution < -0.4 is 14.8 Å². The van der Waals surface area contributed by atoms with Crippen molar-refractivity contribution in [3.05, 3.63) is 29.8 Å². The third-order valence-corrected chi connectivity index (χ3v) is 3.70. The van der Waals surface area contributed by atoms with Crippen LogP contribution in [-0.4, -0.2) is 18.4 Å². The summed E-state index contributed by atoms with van der Waals surface area (Å²) >= 11 is 0. The molecule has 0 saturated heterocycles. The summed E-state index contributed by atoms with van der Waals surface area (Å²) in [7, 11) is 0. The van der Waals surface area contributed by atoms with Crippen LogP contribution in [0.3, 0.4) is 0 Å². The molecule has 0 radical (unpaired) electrons. The van der Waals surface area contributed by atoms with E-state index >= 15 is 0 Å². The summed E-state index contributed by atoms with van der Waals surface area (Å²) in [6.45, 7) is 1.88. The van der Waals surface area contributed by atoms with Gasteiger partial charge in [-0.2, -0.15) is 0 Å². The Balaban J connectivity index is 1.56. The Morgan fingerprint density at radius 3 is 2.84 bits per heavy atom. The molecule has 1 unspecified atom stereocenters. The van der Waals surface area contributed by atoms with E-state index in [0.29, 0.717) is 18.2 Å². The van der Waals surface area contributed by atoms with Gasteiger partial charge in [0.1, 0.15) is 5.75 Å². The van der Waals surface area contributed by atoms with Crippen LogP contribution in [0.2, 0.25) is 0 Å². The van der Waals surface area contributed by atoms with Crippen molar-refractivity contribution in [1.82, 2.24) is 5.32 Å². The lowest BCUT2D eigenvalue weighted by Gasteiger charge is -2.18. The summed E-state index contributed by atoms with van der Waals surface area (Å²) in [5.41, 5.74) is 0.857. The van der Waals surface area contributed by atoms with E-state index in [-0.39, 0.29) is 12.5 Å². The van der Waals surface area contributed by atoms with E-state index in [9.17, 15) is 5.11 Å². The number of hydrogen-bond donors (Lipinski definition) is 2. The minimum Gasteiger partial charge on any atom is -0.507 e. The van der Waals surface area contributed by atoms with E-state index in [0.717, 1.165) is 24.3 Å². The Hall–Kier alpha value is -1.68. The molecular formula is C15H19NO3. The third-order valence-electron chi connectivity index (χ3n) is 3.70. The first kappa shape index (κ1) is 12.4. The summed E-state index contributed by atoms with van der Waals surface area (Å²) in [6, 6.07) is 3.48. The number of nitrogens with one attached hydrogen (secondary N) is 1. The van der Waals surface area contributed by atoms with Crippen LogP contribution in [0, 0.1) is 5.92 Å². The number of rotatable bonds is 4. The molecule has 0 fully saturated rings. The highest BCUT2D eigenvalue weighted by Crippen LogP contribution is 2.37. The van der Waals surface area contributed by atoms with E-state index < -0.39 is 0 Å². The lowest BCUT2D eigenvalue weighted by Crippen LogP contribution is -2.23. The highest BCUT2D eigenvalue weighted by atomic mass is 16.7. The van der Waals surface area contributed by atoms with Gasteiger partial charge in [0.25, 0.3) is 0 Å². The smallest absolute Gasteiger partial charge is 0.231 e. The average Bonchev–Trinajstić information content (AvgIpc) is 2.87. The largest absolute Gasteiger partial charge is 0.507 e. The standard InChI is InChI=1S/C15H19NO3/c17-13-7-15-14(18-10-19-15)6-12(13)9-16-8-11-4-2-1-3-5-11/h1-2,6-7,11,16-17H,3-5,8-10H2. The minimum atomic E-state index is 0.236. The third kappa shape index (κ3) is 2.84. The van der Waals surface area contributed by atoms with Crippen molar-refractivity contribution in [2.24, 2.45) is 5.92 Å². The molecule has 19 heavy (non-hydrogen) atoms. The minimum absolute atomic E-state index is 0.236. The maximum Gasteiger partial charge on any atom is 0.231 e. The van der Waals surface area contributed by atoms with Crippen LogP contribution >= 0.6 is 0 Å². The van der Waals surface area contributed by atoms with Gasteiger partial charge in [0, 0.05) is 18.2 Å². The molecule has 4 nitrogen and oxygen atoms in total. The fourth-order valence-electron chi connectivity index (χ4n) is 2.57. The van der Waals surface area contributed by atoms with Gasteiger partial charge in [0.2, 0.25) is 6.79 Å². The Labute approximate surface area is 113 Å². The molecule has 0 spiro atoms. The molecule has 102 valence electrons. The molecule has 4 heteroatoms. The lowest BCUT2D eigenvalue weighted by molar-refractivity contribution is 0.174. The van der Waals surface area contributed by atoms with Crippen molar-refractivity contribution in [3.63, 3.8) is 0 Å². The second-order valence-electron chi connectivity index (χ2n) is 5.12. The predicted octanol–water partition coefficient (Wildman–Crippen LogP) is 2.57. The molecule has 2 aliphatic rings. The molecule has 1 aliphatic heterocycles. The van der Waals surface area contributed by atoms with Crippen LogP contribution in [0.5, 0.6) is 17.2 Å². The van der Waals surface area contributed by atoms with Crippen molar-refractivity contribution in [2.75, 3.05) is 13.3 Å². The van der Waals surface area contributed by atoms with E-state index in [4.69, 9.17) is 9.47 Å². The summed E-state index contributed by atoms with van der Waals surface area (Å²) in [5.74, 6) is 2.32. The second-order valence-corrected chi connectivity index (χ2v) is 5.12. The molecule has 1 aliphatic carbocycles. The number of phenols is 1. The summed E-state index contributed by atoms with van der Waals surface area (Å²) in [5, 5.41) is 13.3. The van der Waals surface area contributed by atoms with Gasteiger partial charge in [-0.15, -0.1) is 0 Å². The number of benzene rings is 1. The van der Waals surface area contributed by atoms with Gasteiger partial charge >= 0.3 is 0 Å². The molecule has 0 aromatic heterocycles. The van der Waals surface area contributed by atoms with E-state index in [2.05, 4.69) is 17.5 Å². The summed E-state index contributed by atoms with van der Waals surface area (Å²) in [4.78, 5) is 0. The van der Waals surface area contributed by atoms with Crippen molar-refractivity contribution >= 4 is 0 Å². The molecule has 0 saturated carbocycles. The van der Waals surface area contributed by atoms with Crippen LogP contribution in [0.25, 0.3) is 0 Å². The van der Waals surface area contributed by atoms with Crippen LogP contribution in [0.4, 0.5) is 0 Å². The molecule has 2 N–H and O–H groups in total. The average molecular weight is 261 g/mol. The lowest BCUT2D eigenvalue weighted by atomic mass is 9.94. The molecule has 0 bridgehead atoms. The maximum atomic E-state index is 9.92. The Morgan fingerprint density at radius 1 is 1.21 bits per heavy atom. The summed E-state index contributed by atoms with van der Waals surface area (Å²) in [6.07, 6.45) is 8.09. The van der Waals surface area contributed by atoms with Gasteiger partial charge in [-0.05, 0) is 37.8 Å². The molecule has 0 amide bonds. The first-order chi connectivity index (χ1) is 9.33. The van der Waals surface area contributed by atoms with E-state index in [1.807, 2.05) is 6.07 Å². The van der Waals surface area contributed by atoms with Gasteiger partial charge in [-0.1, -0.05) is 12.2 Å². The zero-order valence-corrected chi connectivity index (χ0v) is 10.9. The Kier molecular flexibility index (Phi) is 3.60. The van der Waals surface area contributed by atoms with E-state index in [1.165, 1.54) is 12.8 Å². The molecule has 1 aromatic carbocycles. The zero-order valence-electron chi connectivity index (χ0n) is 10.9. The topological polar surface area (TPSA) is 50.7 Å². The SMILES string of the molecule is Oc1cc2c(cc1CNCC1CC=CCC1)OCO2. The fraction of sp³-hybridized carbons (Fsp3) is 0.467. The monoisotopic (exact) mass is 261 g/mol. The van der Waals surface area contributed by atoms with Gasteiger partial charge in [-0.3, -0.25) is 0 Å². The number of fused-ring (bicyclic) bond motifs is 1. The van der Waals surface area contributed by atoms with Crippen LogP contribution in [0.1, 0.15) is 24.8 Å². The van der Waals surface area contributed by atoms with Crippen LogP contribution in [0.15, 0.2) is 24.3 Å². The number of phenolic OH excluding ortho intramolecular Hbond substituents is 1. The zero-order chi connectivity index (χ0) is 13.1. The van der Waals surface area contributed by atoms with E-state index in [1.54, 1.807) is 6.07 Å². The van der Waals surface area contributed by atoms with Gasteiger partial charge in [-0.25, -0.2) is 0 Å².